The lowest BCUT2D eigenvalue weighted by atomic mass is 9.88. The Bertz CT molecular complexity index is 302. The van der Waals surface area contributed by atoms with Crippen molar-refractivity contribution in [1.82, 2.24) is 10.2 Å². The number of piperidine rings is 1. The summed E-state index contributed by atoms with van der Waals surface area (Å²) in [5, 5.41) is 3.56. The topological polar surface area (TPSA) is 32.3 Å². The molecular formula is C13H20N2O. The van der Waals surface area contributed by atoms with Gasteiger partial charge in [0.05, 0.1) is 0 Å². The highest BCUT2D eigenvalue weighted by Gasteiger charge is 2.29. The Hall–Kier alpha value is -1.01. The van der Waals surface area contributed by atoms with Crippen molar-refractivity contribution in [2.24, 2.45) is 5.92 Å². The van der Waals surface area contributed by atoms with Crippen molar-refractivity contribution in [1.29, 1.82) is 0 Å². The molecule has 2 aliphatic heterocycles. The van der Waals surface area contributed by atoms with Gasteiger partial charge in [0.15, 0.2) is 0 Å². The summed E-state index contributed by atoms with van der Waals surface area (Å²) in [7, 11) is 0. The summed E-state index contributed by atoms with van der Waals surface area (Å²) < 4.78 is 0. The van der Waals surface area contributed by atoms with Crippen molar-refractivity contribution >= 4 is 5.91 Å². The quantitative estimate of drug-likeness (QED) is 0.669. The van der Waals surface area contributed by atoms with E-state index in [4.69, 9.17) is 0 Å². The van der Waals surface area contributed by atoms with Crippen LogP contribution in [0.15, 0.2) is 0 Å². The standard InChI is InChI=1S/C13H20N2O/c1-2-4-13(16)15-9-6-11(7-10-15)12-5-3-8-14-12/h11-12,14H,3,5-10H2,1H3. The maximum absolute atomic E-state index is 11.6. The fourth-order valence-electron chi connectivity index (χ4n) is 2.80. The van der Waals surface area contributed by atoms with Crippen LogP contribution < -0.4 is 5.32 Å². The number of nitrogens with one attached hydrogen (secondary N) is 1. The second kappa shape index (κ2) is 5.36. The highest BCUT2D eigenvalue weighted by atomic mass is 16.2. The molecular weight excluding hydrogens is 200 g/mol. The molecule has 2 fully saturated rings. The Balaban J connectivity index is 1.81. The lowest BCUT2D eigenvalue weighted by Gasteiger charge is -2.33. The second-order valence-corrected chi connectivity index (χ2v) is 4.71. The number of nitrogens with zero attached hydrogens (tertiary/aromatic N) is 1. The zero-order valence-electron chi connectivity index (χ0n) is 9.96. The van der Waals surface area contributed by atoms with E-state index in [0.717, 1.165) is 31.8 Å². The maximum Gasteiger partial charge on any atom is 0.298 e. The minimum absolute atomic E-state index is 0.000307. The van der Waals surface area contributed by atoms with E-state index in [1.807, 2.05) is 4.90 Å². The molecule has 0 aromatic heterocycles. The number of carbonyl (C=O) groups is 1. The number of amides is 1. The van der Waals surface area contributed by atoms with Gasteiger partial charge in [0.25, 0.3) is 5.91 Å². The fourth-order valence-corrected chi connectivity index (χ4v) is 2.80. The van der Waals surface area contributed by atoms with Gasteiger partial charge in [-0.1, -0.05) is 5.92 Å². The molecule has 3 nitrogen and oxygen atoms in total. The molecule has 2 saturated heterocycles. The van der Waals surface area contributed by atoms with Crippen LogP contribution in [-0.4, -0.2) is 36.5 Å². The van der Waals surface area contributed by atoms with Crippen LogP contribution >= 0.6 is 0 Å². The Labute approximate surface area is 97.6 Å². The monoisotopic (exact) mass is 220 g/mol. The van der Waals surface area contributed by atoms with E-state index in [1.54, 1.807) is 6.92 Å². The predicted octanol–water partition coefficient (Wildman–Crippen LogP) is 1.00. The highest BCUT2D eigenvalue weighted by Crippen LogP contribution is 2.25. The maximum atomic E-state index is 11.6. The third kappa shape index (κ3) is 2.56. The van der Waals surface area contributed by atoms with Crippen LogP contribution in [0.5, 0.6) is 0 Å². The van der Waals surface area contributed by atoms with E-state index in [-0.39, 0.29) is 5.91 Å². The normalized spacial score (nSPS) is 26.3. The summed E-state index contributed by atoms with van der Waals surface area (Å²) in [6.07, 6.45) is 4.89. The number of likely N-dealkylation sites (tertiary alicyclic amines) is 1. The third-order valence-corrected chi connectivity index (χ3v) is 3.73. The number of rotatable bonds is 1. The van der Waals surface area contributed by atoms with Crippen LogP contribution in [0.2, 0.25) is 0 Å². The van der Waals surface area contributed by atoms with Crippen LogP contribution in [-0.2, 0) is 4.79 Å². The average molecular weight is 220 g/mol. The molecule has 3 heteroatoms. The molecule has 1 unspecified atom stereocenters. The molecule has 16 heavy (non-hydrogen) atoms. The minimum atomic E-state index is 0.000307. The zero-order valence-corrected chi connectivity index (χ0v) is 9.96. The van der Waals surface area contributed by atoms with Crippen molar-refractivity contribution in [2.45, 2.75) is 38.6 Å². The van der Waals surface area contributed by atoms with Gasteiger partial charge in [0.2, 0.25) is 0 Å². The van der Waals surface area contributed by atoms with Gasteiger partial charge in [-0.25, -0.2) is 0 Å². The number of carbonyl (C=O) groups excluding carboxylic acids is 1. The van der Waals surface area contributed by atoms with Gasteiger partial charge >= 0.3 is 0 Å². The Morgan fingerprint density at radius 3 is 2.62 bits per heavy atom. The summed E-state index contributed by atoms with van der Waals surface area (Å²) in [6, 6.07) is 0.703. The smallest absolute Gasteiger partial charge is 0.298 e. The molecule has 1 atom stereocenters. The molecule has 0 radical (unpaired) electrons. The summed E-state index contributed by atoms with van der Waals surface area (Å²) in [4.78, 5) is 13.5. The van der Waals surface area contributed by atoms with Crippen molar-refractivity contribution in [3.05, 3.63) is 0 Å². The Morgan fingerprint density at radius 1 is 1.31 bits per heavy atom. The predicted molar refractivity (Wildman–Crippen MR) is 63.8 cm³/mol. The van der Waals surface area contributed by atoms with E-state index in [9.17, 15) is 4.79 Å². The Morgan fingerprint density at radius 2 is 2.06 bits per heavy atom. The first-order valence-corrected chi connectivity index (χ1v) is 6.26. The summed E-state index contributed by atoms with van der Waals surface area (Å²) >= 11 is 0. The first-order chi connectivity index (χ1) is 7.81. The number of hydrogen-bond donors (Lipinski definition) is 1. The van der Waals surface area contributed by atoms with Crippen molar-refractivity contribution < 1.29 is 4.79 Å². The largest absolute Gasteiger partial charge is 0.332 e. The molecule has 88 valence electrons. The van der Waals surface area contributed by atoms with Crippen LogP contribution in [0.3, 0.4) is 0 Å². The second-order valence-electron chi connectivity index (χ2n) is 4.71. The third-order valence-electron chi connectivity index (χ3n) is 3.73. The van der Waals surface area contributed by atoms with E-state index < -0.39 is 0 Å². The first-order valence-electron chi connectivity index (χ1n) is 6.26. The van der Waals surface area contributed by atoms with Gasteiger partial charge in [-0.2, -0.15) is 0 Å². The van der Waals surface area contributed by atoms with Crippen molar-refractivity contribution in [3.63, 3.8) is 0 Å². The summed E-state index contributed by atoms with van der Waals surface area (Å²) in [5.74, 6) is 6.06. The lowest BCUT2D eigenvalue weighted by molar-refractivity contribution is -0.126. The van der Waals surface area contributed by atoms with Crippen LogP contribution in [0.1, 0.15) is 32.6 Å². The molecule has 1 amide bonds. The van der Waals surface area contributed by atoms with Gasteiger partial charge in [0, 0.05) is 19.1 Å². The van der Waals surface area contributed by atoms with Crippen LogP contribution in [0, 0.1) is 17.8 Å². The van der Waals surface area contributed by atoms with Gasteiger partial charge in [-0.3, -0.25) is 4.79 Å². The molecule has 0 aromatic rings. The SMILES string of the molecule is CC#CC(=O)N1CCC(C2CCCN2)CC1. The van der Waals surface area contributed by atoms with E-state index in [0.29, 0.717) is 6.04 Å². The molecule has 2 heterocycles. The molecule has 0 aliphatic carbocycles. The van der Waals surface area contributed by atoms with Crippen LogP contribution in [0.25, 0.3) is 0 Å². The van der Waals surface area contributed by atoms with E-state index in [1.165, 1.54) is 19.4 Å². The lowest BCUT2D eigenvalue weighted by Crippen LogP contribution is -2.42. The molecule has 1 N–H and O–H groups in total. The molecule has 0 bridgehead atoms. The van der Waals surface area contributed by atoms with Gasteiger partial charge in [-0.15, -0.1) is 0 Å². The fraction of sp³-hybridized carbons (Fsp3) is 0.769. The average Bonchev–Trinajstić information content (AvgIpc) is 2.83. The van der Waals surface area contributed by atoms with Gasteiger partial charge in [0.1, 0.15) is 0 Å². The first kappa shape index (κ1) is 11.5. The van der Waals surface area contributed by atoms with Gasteiger partial charge < -0.3 is 10.2 Å². The van der Waals surface area contributed by atoms with E-state index >= 15 is 0 Å². The number of hydrogen-bond acceptors (Lipinski definition) is 2. The molecule has 2 aliphatic rings. The highest BCUT2D eigenvalue weighted by molar-refractivity contribution is 5.93. The summed E-state index contributed by atoms with van der Waals surface area (Å²) in [5.41, 5.74) is 0. The minimum Gasteiger partial charge on any atom is -0.332 e. The molecule has 0 aromatic carbocycles. The van der Waals surface area contributed by atoms with Crippen LogP contribution in [0.4, 0.5) is 0 Å². The molecule has 0 saturated carbocycles. The van der Waals surface area contributed by atoms with Crippen molar-refractivity contribution in [2.75, 3.05) is 19.6 Å². The molecule has 0 spiro atoms. The van der Waals surface area contributed by atoms with E-state index in [2.05, 4.69) is 17.2 Å². The summed E-state index contributed by atoms with van der Waals surface area (Å²) in [6.45, 7) is 4.66. The molecule has 2 rings (SSSR count). The zero-order chi connectivity index (χ0) is 11.4. The Kier molecular flexibility index (Phi) is 3.84. The van der Waals surface area contributed by atoms with Gasteiger partial charge in [-0.05, 0) is 51.0 Å². The van der Waals surface area contributed by atoms with Crippen molar-refractivity contribution in [3.8, 4) is 11.8 Å².